The summed E-state index contributed by atoms with van der Waals surface area (Å²) < 4.78 is 0. The standard InChI is InChI=1S/C17H19N3O.C2H2O4/c21-17(16-4-2-1-3-5-16)20-12-10-19(11-13-20)14-15-6-8-18-9-7-15;3-1(4)2(5)6/h1-9H,10-14H2;(H,3,4)(H,5,6). The number of rotatable bonds is 3. The number of carbonyl (C=O) groups is 3. The molecule has 8 nitrogen and oxygen atoms in total. The number of aliphatic carboxylic acids is 2. The zero-order chi connectivity index (χ0) is 19.6. The van der Waals surface area contributed by atoms with Gasteiger partial charge in [0.15, 0.2) is 0 Å². The number of pyridine rings is 1. The average molecular weight is 371 g/mol. The van der Waals surface area contributed by atoms with E-state index in [-0.39, 0.29) is 5.91 Å². The van der Waals surface area contributed by atoms with Crippen molar-refractivity contribution >= 4 is 17.8 Å². The number of carboxylic acid groups (broad SMARTS) is 2. The molecule has 1 aromatic heterocycles. The van der Waals surface area contributed by atoms with Crippen LogP contribution in [0.1, 0.15) is 15.9 Å². The molecule has 1 aliphatic heterocycles. The van der Waals surface area contributed by atoms with Crippen molar-refractivity contribution < 1.29 is 24.6 Å². The zero-order valence-electron chi connectivity index (χ0n) is 14.7. The van der Waals surface area contributed by atoms with Crippen molar-refractivity contribution in [1.29, 1.82) is 0 Å². The van der Waals surface area contributed by atoms with E-state index >= 15 is 0 Å². The number of carboxylic acids is 2. The summed E-state index contributed by atoms with van der Waals surface area (Å²) in [6.45, 7) is 4.34. The number of nitrogens with zero attached hydrogens (tertiary/aromatic N) is 3. The lowest BCUT2D eigenvalue weighted by Gasteiger charge is -2.34. The summed E-state index contributed by atoms with van der Waals surface area (Å²) >= 11 is 0. The van der Waals surface area contributed by atoms with Crippen LogP contribution < -0.4 is 0 Å². The van der Waals surface area contributed by atoms with Gasteiger partial charge in [-0.2, -0.15) is 0 Å². The Hall–Kier alpha value is -3.26. The fraction of sp³-hybridized carbons (Fsp3) is 0.263. The normalized spacial score (nSPS) is 14.0. The van der Waals surface area contributed by atoms with Gasteiger partial charge in [-0.05, 0) is 29.8 Å². The molecule has 0 radical (unpaired) electrons. The smallest absolute Gasteiger partial charge is 0.414 e. The van der Waals surface area contributed by atoms with E-state index in [4.69, 9.17) is 19.8 Å². The molecular weight excluding hydrogens is 350 g/mol. The van der Waals surface area contributed by atoms with Crippen LogP contribution in [0.4, 0.5) is 0 Å². The van der Waals surface area contributed by atoms with Crippen molar-refractivity contribution in [2.45, 2.75) is 6.54 Å². The number of benzene rings is 1. The van der Waals surface area contributed by atoms with Crippen LogP contribution in [0.15, 0.2) is 54.9 Å². The maximum absolute atomic E-state index is 12.4. The Morgan fingerprint density at radius 3 is 1.93 bits per heavy atom. The van der Waals surface area contributed by atoms with E-state index in [2.05, 4.69) is 9.88 Å². The predicted molar refractivity (Wildman–Crippen MR) is 97.1 cm³/mol. The molecule has 0 saturated carbocycles. The van der Waals surface area contributed by atoms with Gasteiger partial charge < -0.3 is 15.1 Å². The van der Waals surface area contributed by atoms with Gasteiger partial charge in [-0.3, -0.25) is 14.7 Å². The molecule has 8 heteroatoms. The van der Waals surface area contributed by atoms with Crippen LogP contribution >= 0.6 is 0 Å². The second kappa shape index (κ2) is 10.0. The number of hydrogen-bond acceptors (Lipinski definition) is 5. The lowest BCUT2D eigenvalue weighted by molar-refractivity contribution is -0.159. The topological polar surface area (TPSA) is 111 Å². The molecule has 1 amide bonds. The molecule has 2 N–H and O–H groups in total. The Bertz CT molecular complexity index is 747. The van der Waals surface area contributed by atoms with Crippen LogP contribution in [-0.4, -0.2) is 69.0 Å². The number of carbonyl (C=O) groups excluding carboxylic acids is 1. The summed E-state index contributed by atoms with van der Waals surface area (Å²) in [5, 5.41) is 14.8. The third-order valence-corrected chi connectivity index (χ3v) is 4.02. The van der Waals surface area contributed by atoms with E-state index < -0.39 is 11.9 Å². The number of amides is 1. The fourth-order valence-electron chi connectivity index (χ4n) is 2.62. The van der Waals surface area contributed by atoms with E-state index in [1.54, 1.807) is 0 Å². The molecule has 0 atom stereocenters. The minimum Gasteiger partial charge on any atom is -0.473 e. The molecule has 0 spiro atoms. The molecule has 0 aliphatic carbocycles. The first-order valence-corrected chi connectivity index (χ1v) is 8.39. The minimum atomic E-state index is -1.82. The van der Waals surface area contributed by atoms with Crippen molar-refractivity contribution in [3.8, 4) is 0 Å². The van der Waals surface area contributed by atoms with Crippen molar-refractivity contribution in [2.24, 2.45) is 0 Å². The molecule has 142 valence electrons. The highest BCUT2D eigenvalue weighted by molar-refractivity contribution is 6.27. The number of piperazine rings is 1. The molecule has 2 aromatic rings. The molecule has 0 unspecified atom stereocenters. The van der Waals surface area contributed by atoms with Crippen molar-refractivity contribution in [1.82, 2.24) is 14.8 Å². The summed E-state index contributed by atoms with van der Waals surface area (Å²) in [6, 6.07) is 13.6. The van der Waals surface area contributed by atoms with E-state index in [0.29, 0.717) is 0 Å². The summed E-state index contributed by atoms with van der Waals surface area (Å²) in [5.74, 6) is -3.51. The molecule has 27 heavy (non-hydrogen) atoms. The molecule has 1 aromatic carbocycles. The van der Waals surface area contributed by atoms with Gasteiger partial charge >= 0.3 is 11.9 Å². The second-order valence-corrected chi connectivity index (χ2v) is 5.90. The fourth-order valence-corrected chi connectivity index (χ4v) is 2.62. The Kier molecular flexibility index (Phi) is 7.45. The van der Waals surface area contributed by atoms with Crippen molar-refractivity contribution in [2.75, 3.05) is 26.2 Å². The summed E-state index contributed by atoms with van der Waals surface area (Å²) in [7, 11) is 0. The highest BCUT2D eigenvalue weighted by Crippen LogP contribution is 2.11. The maximum atomic E-state index is 12.4. The Balaban J connectivity index is 0.000000380. The van der Waals surface area contributed by atoms with Gasteiger partial charge in [-0.25, -0.2) is 9.59 Å². The Morgan fingerprint density at radius 2 is 1.41 bits per heavy atom. The predicted octanol–water partition coefficient (Wildman–Crippen LogP) is 1.20. The highest BCUT2D eigenvalue weighted by atomic mass is 16.4. The Labute approximate surface area is 156 Å². The van der Waals surface area contributed by atoms with Crippen LogP contribution in [-0.2, 0) is 16.1 Å². The lowest BCUT2D eigenvalue weighted by atomic mass is 10.1. The molecule has 2 heterocycles. The van der Waals surface area contributed by atoms with Crippen molar-refractivity contribution in [3.05, 3.63) is 66.0 Å². The first-order valence-electron chi connectivity index (χ1n) is 8.39. The average Bonchev–Trinajstić information content (AvgIpc) is 2.70. The van der Waals surface area contributed by atoms with Gasteiger partial charge in [0.2, 0.25) is 0 Å². The summed E-state index contributed by atoms with van der Waals surface area (Å²) in [6.07, 6.45) is 3.65. The molecule has 1 aliphatic rings. The lowest BCUT2D eigenvalue weighted by Crippen LogP contribution is -2.48. The number of aromatic nitrogens is 1. The largest absolute Gasteiger partial charge is 0.473 e. The highest BCUT2D eigenvalue weighted by Gasteiger charge is 2.21. The summed E-state index contributed by atoms with van der Waals surface area (Å²) in [4.78, 5) is 38.9. The van der Waals surface area contributed by atoms with Gasteiger partial charge in [-0.1, -0.05) is 18.2 Å². The zero-order valence-corrected chi connectivity index (χ0v) is 14.7. The molecule has 3 rings (SSSR count). The van der Waals surface area contributed by atoms with E-state index in [1.165, 1.54) is 5.56 Å². The van der Waals surface area contributed by atoms with Crippen LogP contribution in [0.2, 0.25) is 0 Å². The quantitative estimate of drug-likeness (QED) is 0.780. The molecule has 1 fully saturated rings. The first kappa shape index (κ1) is 20.1. The van der Waals surface area contributed by atoms with Crippen molar-refractivity contribution in [3.63, 3.8) is 0 Å². The minimum absolute atomic E-state index is 0.138. The van der Waals surface area contributed by atoms with Crippen LogP contribution in [0.5, 0.6) is 0 Å². The van der Waals surface area contributed by atoms with Gasteiger partial charge in [0.1, 0.15) is 0 Å². The Morgan fingerprint density at radius 1 is 0.852 bits per heavy atom. The van der Waals surface area contributed by atoms with Gasteiger partial charge in [0, 0.05) is 50.7 Å². The SMILES string of the molecule is O=C(O)C(=O)O.O=C(c1ccccc1)N1CCN(Cc2ccncc2)CC1. The monoisotopic (exact) mass is 371 g/mol. The van der Waals surface area contributed by atoms with E-state index in [1.807, 2.05) is 59.8 Å². The molecule has 1 saturated heterocycles. The van der Waals surface area contributed by atoms with Crippen LogP contribution in [0.25, 0.3) is 0 Å². The molecule has 0 bridgehead atoms. The van der Waals surface area contributed by atoms with Crippen LogP contribution in [0, 0.1) is 0 Å². The number of hydrogen-bond donors (Lipinski definition) is 2. The maximum Gasteiger partial charge on any atom is 0.414 e. The second-order valence-electron chi connectivity index (χ2n) is 5.90. The van der Waals surface area contributed by atoms with Crippen LogP contribution in [0.3, 0.4) is 0 Å². The first-order chi connectivity index (χ1) is 13.0. The van der Waals surface area contributed by atoms with Gasteiger partial charge in [0.25, 0.3) is 5.91 Å². The third-order valence-electron chi connectivity index (χ3n) is 4.02. The van der Waals surface area contributed by atoms with Gasteiger partial charge in [0.05, 0.1) is 0 Å². The third kappa shape index (κ3) is 6.52. The van der Waals surface area contributed by atoms with Gasteiger partial charge in [-0.15, -0.1) is 0 Å². The summed E-state index contributed by atoms with van der Waals surface area (Å²) in [5.41, 5.74) is 2.05. The van der Waals surface area contributed by atoms with E-state index in [9.17, 15) is 4.79 Å². The van der Waals surface area contributed by atoms with E-state index in [0.717, 1.165) is 38.3 Å². The molecular formula is C19H21N3O5.